The molecule has 0 N–H and O–H groups in total. The first-order valence-corrected chi connectivity index (χ1v) is 5.73. The molecule has 0 atom stereocenters. The third-order valence-corrected chi connectivity index (χ3v) is 2.81. The van der Waals surface area contributed by atoms with Gasteiger partial charge in [-0.1, -0.05) is 12.1 Å². The van der Waals surface area contributed by atoms with Gasteiger partial charge in [0.05, 0.1) is 20.3 Å². The van der Waals surface area contributed by atoms with E-state index in [0.717, 1.165) is 0 Å². The van der Waals surface area contributed by atoms with Crippen molar-refractivity contribution in [3.63, 3.8) is 0 Å². The third-order valence-electron chi connectivity index (χ3n) is 2.81. The van der Waals surface area contributed by atoms with Gasteiger partial charge in [-0.05, 0) is 12.1 Å². The van der Waals surface area contributed by atoms with Gasteiger partial charge in [-0.15, -0.1) is 0 Å². The average Bonchev–Trinajstić information content (AvgIpc) is 2.41. The van der Waals surface area contributed by atoms with E-state index in [1.54, 1.807) is 31.4 Å². The van der Waals surface area contributed by atoms with Crippen molar-refractivity contribution in [1.29, 1.82) is 0 Å². The first-order valence-electron chi connectivity index (χ1n) is 5.73. The van der Waals surface area contributed by atoms with Crippen LogP contribution in [-0.2, 0) is 9.53 Å². The summed E-state index contributed by atoms with van der Waals surface area (Å²) in [6.07, 6.45) is 0. The Kier molecular flexibility index (Phi) is 3.94. The summed E-state index contributed by atoms with van der Waals surface area (Å²) >= 11 is 0. The second-order valence-corrected chi connectivity index (χ2v) is 4.02. The molecular weight excluding hydrogens is 234 g/mol. The topological polar surface area (TPSA) is 55.8 Å². The summed E-state index contributed by atoms with van der Waals surface area (Å²) in [6, 6.07) is 6.92. The van der Waals surface area contributed by atoms with Crippen LogP contribution in [0.5, 0.6) is 5.75 Å². The molecular formula is C13H15NO4. The van der Waals surface area contributed by atoms with E-state index in [1.807, 2.05) is 0 Å². The van der Waals surface area contributed by atoms with E-state index in [1.165, 1.54) is 4.90 Å². The minimum Gasteiger partial charge on any atom is -0.497 e. The summed E-state index contributed by atoms with van der Waals surface area (Å²) in [6.45, 7) is 1.10. The molecule has 1 saturated heterocycles. The van der Waals surface area contributed by atoms with Crippen LogP contribution in [0.4, 0.5) is 0 Å². The summed E-state index contributed by atoms with van der Waals surface area (Å²) in [7, 11) is 1.55. The molecule has 1 amide bonds. The Morgan fingerprint density at radius 2 is 2.33 bits per heavy atom. The quantitative estimate of drug-likeness (QED) is 0.738. The van der Waals surface area contributed by atoms with Crippen LogP contribution in [0.3, 0.4) is 0 Å². The number of morpholine rings is 1. The fourth-order valence-corrected chi connectivity index (χ4v) is 1.78. The molecule has 0 aliphatic carbocycles. The standard InChI is InChI=1S/C13H15NO4/c1-17-11-4-2-3-10(7-11)12(15)8-14-5-6-18-9-13(14)16/h2-4,7H,5-6,8-9H2,1H3. The zero-order valence-electron chi connectivity index (χ0n) is 10.2. The lowest BCUT2D eigenvalue weighted by Gasteiger charge is -2.26. The van der Waals surface area contributed by atoms with E-state index < -0.39 is 0 Å². The normalized spacial score (nSPS) is 15.6. The van der Waals surface area contributed by atoms with E-state index in [2.05, 4.69) is 0 Å². The molecule has 5 nitrogen and oxygen atoms in total. The van der Waals surface area contributed by atoms with Crippen molar-refractivity contribution in [2.75, 3.05) is 33.4 Å². The Balaban J connectivity index is 2.04. The van der Waals surface area contributed by atoms with Crippen LogP contribution in [0.2, 0.25) is 0 Å². The van der Waals surface area contributed by atoms with Gasteiger partial charge >= 0.3 is 0 Å². The van der Waals surface area contributed by atoms with Crippen LogP contribution in [0.15, 0.2) is 24.3 Å². The predicted molar refractivity (Wildman–Crippen MR) is 64.7 cm³/mol. The Bertz CT molecular complexity index is 458. The number of methoxy groups -OCH3 is 1. The number of ether oxygens (including phenoxy) is 2. The van der Waals surface area contributed by atoms with Crippen molar-refractivity contribution in [3.8, 4) is 5.75 Å². The Morgan fingerprint density at radius 3 is 3.06 bits per heavy atom. The van der Waals surface area contributed by atoms with Gasteiger partial charge < -0.3 is 14.4 Å². The van der Waals surface area contributed by atoms with Crippen molar-refractivity contribution in [2.45, 2.75) is 0 Å². The smallest absolute Gasteiger partial charge is 0.249 e. The summed E-state index contributed by atoms with van der Waals surface area (Å²) in [5.74, 6) is 0.399. The highest BCUT2D eigenvalue weighted by atomic mass is 16.5. The van der Waals surface area contributed by atoms with Crippen LogP contribution < -0.4 is 4.74 Å². The first kappa shape index (κ1) is 12.6. The molecule has 0 aromatic heterocycles. The van der Waals surface area contributed by atoms with Gasteiger partial charge in [0.2, 0.25) is 5.91 Å². The molecule has 2 rings (SSSR count). The van der Waals surface area contributed by atoms with Crippen LogP contribution in [0.1, 0.15) is 10.4 Å². The van der Waals surface area contributed by atoms with Crippen molar-refractivity contribution >= 4 is 11.7 Å². The van der Waals surface area contributed by atoms with Gasteiger partial charge in [0.15, 0.2) is 5.78 Å². The van der Waals surface area contributed by atoms with Crippen LogP contribution in [-0.4, -0.2) is 50.0 Å². The van der Waals surface area contributed by atoms with Crippen LogP contribution in [0.25, 0.3) is 0 Å². The van der Waals surface area contributed by atoms with Crippen molar-refractivity contribution < 1.29 is 19.1 Å². The zero-order chi connectivity index (χ0) is 13.0. The highest BCUT2D eigenvalue weighted by Gasteiger charge is 2.21. The zero-order valence-corrected chi connectivity index (χ0v) is 10.2. The van der Waals surface area contributed by atoms with Gasteiger partial charge in [0.25, 0.3) is 0 Å². The molecule has 5 heteroatoms. The number of amides is 1. The third kappa shape index (κ3) is 2.87. The molecule has 96 valence electrons. The van der Waals surface area contributed by atoms with Crippen molar-refractivity contribution in [2.24, 2.45) is 0 Å². The highest BCUT2D eigenvalue weighted by molar-refractivity contribution is 5.99. The maximum atomic E-state index is 12.0. The first-order chi connectivity index (χ1) is 8.70. The van der Waals surface area contributed by atoms with Crippen LogP contribution in [0, 0.1) is 0 Å². The molecule has 0 bridgehead atoms. The van der Waals surface area contributed by atoms with E-state index in [9.17, 15) is 9.59 Å². The number of Topliss-reactive ketones (excluding diaryl/α,β-unsaturated/α-hetero) is 1. The largest absolute Gasteiger partial charge is 0.497 e. The Labute approximate surface area is 105 Å². The molecule has 1 aliphatic rings. The number of hydrogen-bond donors (Lipinski definition) is 0. The lowest BCUT2D eigenvalue weighted by Crippen LogP contribution is -2.44. The van der Waals surface area contributed by atoms with Crippen molar-refractivity contribution in [3.05, 3.63) is 29.8 Å². The molecule has 18 heavy (non-hydrogen) atoms. The molecule has 0 radical (unpaired) electrons. The number of benzene rings is 1. The molecule has 1 aromatic carbocycles. The summed E-state index contributed by atoms with van der Waals surface area (Å²) < 4.78 is 10.1. The lowest BCUT2D eigenvalue weighted by atomic mass is 10.1. The van der Waals surface area contributed by atoms with Gasteiger partial charge in [-0.3, -0.25) is 9.59 Å². The number of carbonyl (C=O) groups is 2. The van der Waals surface area contributed by atoms with E-state index in [0.29, 0.717) is 24.5 Å². The average molecular weight is 249 g/mol. The number of nitrogens with zero attached hydrogens (tertiary/aromatic N) is 1. The van der Waals surface area contributed by atoms with E-state index >= 15 is 0 Å². The fourth-order valence-electron chi connectivity index (χ4n) is 1.78. The highest BCUT2D eigenvalue weighted by Crippen LogP contribution is 2.13. The maximum absolute atomic E-state index is 12.0. The Hall–Kier alpha value is -1.88. The summed E-state index contributed by atoms with van der Waals surface area (Å²) in [5, 5.41) is 0. The molecule has 1 aliphatic heterocycles. The Morgan fingerprint density at radius 1 is 1.50 bits per heavy atom. The molecule has 0 saturated carbocycles. The molecule has 1 fully saturated rings. The number of carbonyl (C=O) groups excluding carboxylic acids is 2. The minimum atomic E-state index is -0.141. The van der Waals surface area contributed by atoms with Gasteiger partial charge in [-0.25, -0.2) is 0 Å². The molecule has 1 aromatic rings. The molecule has 0 spiro atoms. The molecule has 1 heterocycles. The lowest BCUT2D eigenvalue weighted by molar-refractivity contribution is -0.141. The number of hydrogen-bond acceptors (Lipinski definition) is 4. The van der Waals surface area contributed by atoms with E-state index in [-0.39, 0.29) is 24.8 Å². The van der Waals surface area contributed by atoms with Crippen LogP contribution >= 0.6 is 0 Å². The predicted octanol–water partition coefficient (Wildman–Crippen LogP) is 0.737. The molecule has 0 unspecified atom stereocenters. The monoisotopic (exact) mass is 249 g/mol. The van der Waals surface area contributed by atoms with E-state index in [4.69, 9.17) is 9.47 Å². The summed E-state index contributed by atoms with van der Waals surface area (Å²) in [4.78, 5) is 25.1. The SMILES string of the molecule is COc1cccc(C(=O)CN2CCOCC2=O)c1. The van der Waals surface area contributed by atoms with Gasteiger partial charge in [0.1, 0.15) is 12.4 Å². The number of ketones is 1. The van der Waals surface area contributed by atoms with Crippen molar-refractivity contribution in [1.82, 2.24) is 4.90 Å². The minimum absolute atomic E-state index is 0.0609. The maximum Gasteiger partial charge on any atom is 0.249 e. The number of rotatable bonds is 4. The fraction of sp³-hybridized carbons (Fsp3) is 0.385. The second-order valence-electron chi connectivity index (χ2n) is 4.02. The van der Waals surface area contributed by atoms with Gasteiger partial charge in [0, 0.05) is 12.1 Å². The summed E-state index contributed by atoms with van der Waals surface area (Å²) in [5.41, 5.74) is 0.550. The van der Waals surface area contributed by atoms with Gasteiger partial charge in [-0.2, -0.15) is 0 Å². The second kappa shape index (κ2) is 5.64.